The van der Waals surface area contributed by atoms with E-state index in [1.54, 1.807) is 0 Å². The lowest BCUT2D eigenvalue weighted by Crippen LogP contribution is -2.47. The maximum atomic E-state index is 11.7. The molecule has 0 rings (SSSR count). The van der Waals surface area contributed by atoms with Crippen molar-refractivity contribution in [2.75, 3.05) is 18.1 Å². The van der Waals surface area contributed by atoms with E-state index in [4.69, 9.17) is 4.55 Å². The van der Waals surface area contributed by atoms with Crippen LogP contribution in [0.2, 0.25) is 0 Å². The summed E-state index contributed by atoms with van der Waals surface area (Å²) in [7, 11) is -4.11. The summed E-state index contributed by atoms with van der Waals surface area (Å²) in [6, 6.07) is -0.738. The molecule has 0 heterocycles. The van der Waals surface area contributed by atoms with E-state index in [-0.39, 0.29) is 12.5 Å². The summed E-state index contributed by atoms with van der Waals surface area (Å²) < 4.78 is 29.5. The summed E-state index contributed by atoms with van der Waals surface area (Å²) in [5, 5.41) is 4.90. The normalized spacial score (nSPS) is 12.8. The zero-order chi connectivity index (χ0) is 14.9. The lowest BCUT2D eigenvalue weighted by atomic mass is 10.2. The third kappa shape index (κ3) is 9.74. The van der Waals surface area contributed by atoms with E-state index in [1.807, 2.05) is 6.92 Å². The van der Waals surface area contributed by atoms with E-state index in [0.29, 0.717) is 25.0 Å². The van der Waals surface area contributed by atoms with Gasteiger partial charge < -0.3 is 10.6 Å². The Morgan fingerprint density at radius 2 is 2.00 bits per heavy atom. The minimum Gasteiger partial charge on any atom is -0.353 e. The van der Waals surface area contributed by atoms with Gasteiger partial charge >= 0.3 is 0 Å². The first-order chi connectivity index (χ1) is 8.80. The summed E-state index contributed by atoms with van der Waals surface area (Å²) in [5.41, 5.74) is 0. The molecule has 0 aliphatic heterocycles. The van der Waals surface area contributed by atoms with Crippen LogP contribution in [0.4, 0.5) is 0 Å². The average Bonchev–Trinajstić information content (AvgIpc) is 2.27. The van der Waals surface area contributed by atoms with Gasteiger partial charge in [0.1, 0.15) is 6.04 Å². The second-order valence-electron chi connectivity index (χ2n) is 3.96. The average molecular weight is 312 g/mol. The van der Waals surface area contributed by atoms with Crippen molar-refractivity contribution in [2.45, 2.75) is 32.2 Å². The van der Waals surface area contributed by atoms with Crippen molar-refractivity contribution in [2.24, 2.45) is 0 Å². The van der Waals surface area contributed by atoms with Crippen LogP contribution in [0.25, 0.3) is 0 Å². The third-order valence-corrected chi connectivity index (χ3v) is 3.18. The van der Waals surface area contributed by atoms with Crippen molar-refractivity contribution in [3.05, 3.63) is 0 Å². The van der Waals surface area contributed by atoms with E-state index < -0.39 is 27.8 Å². The van der Waals surface area contributed by atoms with Gasteiger partial charge in [0.05, 0.1) is 5.75 Å². The number of amides is 2. The van der Waals surface area contributed by atoms with Gasteiger partial charge in [-0.3, -0.25) is 14.1 Å². The first kappa shape index (κ1) is 18.2. The molecule has 3 N–H and O–H groups in total. The molecule has 9 heteroatoms. The van der Waals surface area contributed by atoms with Crippen molar-refractivity contribution in [3.63, 3.8) is 0 Å². The molecule has 19 heavy (non-hydrogen) atoms. The fourth-order valence-electron chi connectivity index (χ4n) is 1.32. The lowest BCUT2D eigenvalue weighted by molar-refractivity contribution is -0.129. The Morgan fingerprint density at radius 1 is 1.37 bits per heavy atom. The molecule has 1 atom stereocenters. The molecule has 0 fully saturated rings. The van der Waals surface area contributed by atoms with Crippen LogP contribution in [0.5, 0.6) is 0 Å². The van der Waals surface area contributed by atoms with Crippen molar-refractivity contribution in [1.29, 1.82) is 0 Å². The van der Waals surface area contributed by atoms with Crippen LogP contribution in [-0.2, 0) is 19.7 Å². The Labute approximate surface area is 118 Å². The molecule has 0 bridgehead atoms. The molecule has 7 nitrogen and oxygen atoms in total. The molecule has 2 amide bonds. The fraction of sp³-hybridized carbons (Fsp3) is 0.800. The largest absolute Gasteiger partial charge is 0.353 e. The predicted octanol–water partition coefficient (Wildman–Crippen LogP) is -0.405. The summed E-state index contributed by atoms with van der Waals surface area (Å²) in [6.45, 7) is 1.64. The Kier molecular flexibility index (Phi) is 8.77. The topological polar surface area (TPSA) is 113 Å². The quantitative estimate of drug-likeness (QED) is 0.342. The molecule has 0 saturated heterocycles. The summed E-state index contributed by atoms with van der Waals surface area (Å²) in [5.74, 6) is -0.876. The molecule has 0 aromatic rings. The second kappa shape index (κ2) is 9.16. The molecule has 0 aromatic carbocycles. The molecule has 0 spiro atoms. The van der Waals surface area contributed by atoms with Gasteiger partial charge in [0.2, 0.25) is 11.8 Å². The molecule has 0 radical (unpaired) electrons. The zero-order valence-corrected chi connectivity index (χ0v) is 12.5. The summed E-state index contributed by atoms with van der Waals surface area (Å²) >= 11 is 4.00. The van der Waals surface area contributed by atoms with Crippen molar-refractivity contribution < 1.29 is 22.6 Å². The van der Waals surface area contributed by atoms with E-state index in [0.717, 1.165) is 0 Å². The first-order valence-electron chi connectivity index (χ1n) is 5.93. The molecule has 0 saturated carbocycles. The molecule has 0 aromatic heterocycles. The van der Waals surface area contributed by atoms with Gasteiger partial charge in [-0.15, -0.1) is 0 Å². The molecule has 112 valence electrons. The van der Waals surface area contributed by atoms with Crippen LogP contribution in [0, 0.1) is 0 Å². The van der Waals surface area contributed by atoms with E-state index >= 15 is 0 Å². The van der Waals surface area contributed by atoms with Gasteiger partial charge in [-0.25, -0.2) is 0 Å². The number of nitrogens with one attached hydrogen (secondary N) is 2. The van der Waals surface area contributed by atoms with E-state index in [9.17, 15) is 18.0 Å². The molecule has 0 aliphatic rings. The van der Waals surface area contributed by atoms with Crippen LogP contribution in [0.1, 0.15) is 26.2 Å². The Hall–Kier alpha value is -0.800. The smallest absolute Gasteiger partial charge is 0.266 e. The van der Waals surface area contributed by atoms with Crippen LogP contribution >= 0.6 is 12.6 Å². The maximum absolute atomic E-state index is 11.7. The summed E-state index contributed by atoms with van der Waals surface area (Å²) in [6.07, 6.45) is 1.33. The highest BCUT2D eigenvalue weighted by molar-refractivity contribution is 7.85. The number of rotatable bonds is 9. The highest BCUT2D eigenvalue weighted by Crippen LogP contribution is 1.97. The predicted molar refractivity (Wildman–Crippen MR) is 74.7 cm³/mol. The van der Waals surface area contributed by atoms with Crippen molar-refractivity contribution >= 4 is 34.6 Å². The summed E-state index contributed by atoms with van der Waals surface area (Å²) in [4.78, 5) is 23.1. The molecule has 0 aliphatic carbocycles. The minimum atomic E-state index is -4.11. The number of hydrogen-bond donors (Lipinski definition) is 4. The first-order valence-corrected chi connectivity index (χ1v) is 8.17. The van der Waals surface area contributed by atoms with E-state index in [1.165, 1.54) is 0 Å². The Morgan fingerprint density at radius 3 is 2.47 bits per heavy atom. The Bertz CT molecular complexity index is 397. The Balaban J connectivity index is 4.28. The van der Waals surface area contributed by atoms with Crippen molar-refractivity contribution in [1.82, 2.24) is 10.6 Å². The van der Waals surface area contributed by atoms with Crippen LogP contribution in [0.3, 0.4) is 0 Å². The third-order valence-electron chi connectivity index (χ3n) is 2.21. The number of thiol groups is 1. The van der Waals surface area contributed by atoms with Gasteiger partial charge in [0.15, 0.2) is 0 Å². The number of carbonyl (C=O) groups is 2. The standard InChI is InChI=1S/C10H20N2O5S2/c1-2-3-9(13)12-8(4-6-18)10(14)11-5-7-19(15,16)17/h8,18H,2-7H2,1H3,(H,11,14)(H,12,13)(H,15,16,17)/t8-/m0/s1. The fourth-order valence-corrected chi connectivity index (χ4v) is 1.94. The van der Waals surface area contributed by atoms with Gasteiger partial charge in [-0.05, 0) is 18.6 Å². The highest BCUT2D eigenvalue weighted by Gasteiger charge is 2.19. The molecular weight excluding hydrogens is 292 g/mol. The van der Waals surface area contributed by atoms with Crippen molar-refractivity contribution in [3.8, 4) is 0 Å². The second-order valence-corrected chi connectivity index (χ2v) is 5.98. The monoisotopic (exact) mass is 312 g/mol. The van der Waals surface area contributed by atoms with Crippen LogP contribution in [-0.4, -0.2) is 48.9 Å². The SMILES string of the molecule is CCCC(=O)N[C@@H](CCS)C(=O)NCCS(=O)(=O)O. The van der Waals surface area contributed by atoms with E-state index in [2.05, 4.69) is 23.3 Å². The van der Waals surface area contributed by atoms with Gasteiger partial charge in [0.25, 0.3) is 10.1 Å². The van der Waals surface area contributed by atoms with Gasteiger partial charge in [-0.1, -0.05) is 6.92 Å². The molecule has 0 unspecified atom stereocenters. The lowest BCUT2D eigenvalue weighted by Gasteiger charge is -2.17. The van der Waals surface area contributed by atoms with Gasteiger partial charge in [-0.2, -0.15) is 21.0 Å². The van der Waals surface area contributed by atoms with Gasteiger partial charge in [0, 0.05) is 13.0 Å². The highest BCUT2D eigenvalue weighted by atomic mass is 32.2. The van der Waals surface area contributed by atoms with Crippen LogP contribution < -0.4 is 10.6 Å². The molecular formula is C10H20N2O5S2. The zero-order valence-electron chi connectivity index (χ0n) is 10.8. The number of hydrogen-bond acceptors (Lipinski definition) is 5. The minimum absolute atomic E-state index is 0.204. The van der Waals surface area contributed by atoms with Crippen LogP contribution in [0.15, 0.2) is 0 Å². The maximum Gasteiger partial charge on any atom is 0.266 e. The number of carbonyl (C=O) groups excluding carboxylic acids is 2.